The molecule has 7 heteroatoms. The van der Waals surface area contributed by atoms with E-state index in [0.717, 1.165) is 24.4 Å². The van der Waals surface area contributed by atoms with Crippen LogP contribution in [-0.2, 0) is 6.54 Å². The number of nitrogens with zero attached hydrogens (tertiary/aromatic N) is 4. The van der Waals surface area contributed by atoms with Crippen molar-refractivity contribution < 1.29 is 0 Å². The first kappa shape index (κ1) is 13.9. The van der Waals surface area contributed by atoms with E-state index in [-0.39, 0.29) is 6.04 Å². The maximum atomic E-state index is 6.21. The lowest BCUT2D eigenvalue weighted by Gasteiger charge is -2.17. The molecule has 1 atom stereocenters. The van der Waals surface area contributed by atoms with Gasteiger partial charge < -0.3 is 0 Å². The predicted molar refractivity (Wildman–Crippen MR) is 73.5 cm³/mol. The van der Waals surface area contributed by atoms with Gasteiger partial charge in [-0.1, -0.05) is 18.5 Å². The van der Waals surface area contributed by atoms with Crippen molar-refractivity contribution in [3.05, 3.63) is 40.7 Å². The molecule has 2 rings (SSSR count). The minimum Gasteiger partial charge on any atom is -0.270 e. The number of nitrogens with two attached hydrogens (primary N) is 1. The third kappa shape index (κ3) is 2.91. The van der Waals surface area contributed by atoms with Gasteiger partial charge in [0.25, 0.3) is 0 Å². The van der Waals surface area contributed by atoms with Crippen LogP contribution in [0.2, 0.25) is 5.02 Å². The summed E-state index contributed by atoms with van der Waals surface area (Å²) in [6.07, 6.45) is 5.98. The molecule has 1 unspecified atom stereocenters. The molecule has 0 spiro atoms. The van der Waals surface area contributed by atoms with Gasteiger partial charge in [0.05, 0.1) is 34.5 Å². The number of halogens is 1. The fourth-order valence-electron chi connectivity index (χ4n) is 1.90. The van der Waals surface area contributed by atoms with Gasteiger partial charge in [0.1, 0.15) is 6.04 Å². The first-order valence-electron chi connectivity index (χ1n) is 6.13. The van der Waals surface area contributed by atoms with E-state index in [2.05, 4.69) is 27.4 Å². The van der Waals surface area contributed by atoms with Crippen LogP contribution in [0.3, 0.4) is 0 Å². The first-order chi connectivity index (χ1) is 9.17. The number of hydrogen-bond donors (Lipinski definition) is 2. The second-order valence-electron chi connectivity index (χ2n) is 4.28. The van der Waals surface area contributed by atoms with Crippen LogP contribution in [-0.4, -0.2) is 19.7 Å². The maximum absolute atomic E-state index is 6.21. The highest BCUT2D eigenvalue weighted by Crippen LogP contribution is 2.26. The van der Waals surface area contributed by atoms with E-state index < -0.39 is 0 Å². The molecule has 2 heterocycles. The molecule has 102 valence electrons. The van der Waals surface area contributed by atoms with E-state index in [1.807, 2.05) is 11.6 Å². The number of hydrazine groups is 1. The largest absolute Gasteiger partial charge is 0.270 e. The molecule has 3 N–H and O–H groups in total. The first-order valence-corrected chi connectivity index (χ1v) is 6.51. The fraction of sp³-hybridized carbons (Fsp3) is 0.417. The van der Waals surface area contributed by atoms with Crippen LogP contribution in [0.1, 0.15) is 36.5 Å². The third-order valence-electron chi connectivity index (χ3n) is 2.81. The lowest BCUT2D eigenvalue weighted by atomic mass is 10.1. The van der Waals surface area contributed by atoms with Crippen LogP contribution < -0.4 is 11.3 Å². The topological polar surface area (TPSA) is 81.7 Å². The molecule has 0 fully saturated rings. The van der Waals surface area contributed by atoms with Crippen molar-refractivity contribution in [1.29, 1.82) is 0 Å². The zero-order chi connectivity index (χ0) is 13.8. The Morgan fingerprint density at radius 2 is 2.16 bits per heavy atom. The summed E-state index contributed by atoms with van der Waals surface area (Å²) in [5.41, 5.74) is 5.11. The number of nitrogens with one attached hydrogen (secondary N) is 1. The second-order valence-corrected chi connectivity index (χ2v) is 4.69. The third-order valence-corrected chi connectivity index (χ3v) is 3.10. The Morgan fingerprint density at radius 3 is 2.74 bits per heavy atom. The van der Waals surface area contributed by atoms with Crippen molar-refractivity contribution in [3.8, 4) is 0 Å². The highest BCUT2D eigenvalue weighted by Gasteiger charge is 2.22. The van der Waals surface area contributed by atoms with E-state index in [1.54, 1.807) is 18.6 Å². The van der Waals surface area contributed by atoms with E-state index in [9.17, 15) is 0 Å². The Balaban J connectivity index is 2.41. The highest BCUT2D eigenvalue weighted by atomic mass is 35.5. The average Bonchev–Trinajstić information content (AvgIpc) is 2.76. The Morgan fingerprint density at radius 1 is 1.37 bits per heavy atom. The van der Waals surface area contributed by atoms with Crippen LogP contribution >= 0.6 is 11.6 Å². The molecule has 0 aliphatic carbocycles. The smallest absolute Gasteiger partial charge is 0.108 e. The van der Waals surface area contributed by atoms with Crippen LogP contribution in [0.5, 0.6) is 0 Å². The van der Waals surface area contributed by atoms with E-state index in [4.69, 9.17) is 17.4 Å². The molecule has 0 radical (unpaired) electrons. The van der Waals surface area contributed by atoms with Crippen LogP contribution in [0, 0.1) is 6.92 Å². The highest BCUT2D eigenvalue weighted by molar-refractivity contribution is 6.31. The summed E-state index contributed by atoms with van der Waals surface area (Å²) in [4.78, 5) is 8.58. The Hall–Kier alpha value is -1.50. The standard InChI is InChI=1S/C12H17ClN6/c1-3-4-19-12(9(13)6-17-19)11(18-14)10-7-15-8(2)5-16-10/h5-7,11,18H,3-4,14H2,1-2H3. The Bertz CT molecular complexity index is 536. The molecule has 0 aliphatic heterocycles. The summed E-state index contributed by atoms with van der Waals surface area (Å²) in [6, 6.07) is -0.324. The minimum atomic E-state index is -0.324. The predicted octanol–water partition coefficient (Wildman–Crippen LogP) is 1.60. The number of hydrogen-bond acceptors (Lipinski definition) is 5. The van der Waals surface area contributed by atoms with Crippen LogP contribution in [0.4, 0.5) is 0 Å². The normalized spacial score (nSPS) is 12.6. The summed E-state index contributed by atoms with van der Waals surface area (Å²) >= 11 is 6.21. The van der Waals surface area contributed by atoms with Crippen LogP contribution in [0.25, 0.3) is 0 Å². The quantitative estimate of drug-likeness (QED) is 0.642. The molecule has 0 amide bonds. The van der Waals surface area contributed by atoms with Gasteiger partial charge in [0.2, 0.25) is 0 Å². The fourth-order valence-corrected chi connectivity index (χ4v) is 2.16. The monoisotopic (exact) mass is 280 g/mol. The zero-order valence-corrected chi connectivity index (χ0v) is 11.7. The van der Waals surface area contributed by atoms with Gasteiger partial charge in [-0.3, -0.25) is 20.5 Å². The van der Waals surface area contributed by atoms with Crippen molar-refractivity contribution in [2.45, 2.75) is 32.9 Å². The summed E-state index contributed by atoms with van der Waals surface area (Å²) in [7, 11) is 0. The van der Waals surface area contributed by atoms with Crippen molar-refractivity contribution in [3.63, 3.8) is 0 Å². The van der Waals surface area contributed by atoms with Gasteiger partial charge in [-0.05, 0) is 13.3 Å². The lowest BCUT2D eigenvalue weighted by molar-refractivity contribution is 0.514. The number of aromatic nitrogens is 4. The van der Waals surface area contributed by atoms with Gasteiger partial charge in [-0.25, -0.2) is 5.43 Å². The SMILES string of the molecule is CCCn1ncc(Cl)c1C(NN)c1cnc(C)cn1. The summed E-state index contributed by atoms with van der Waals surface area (Å²) in [6.45, 7) is 4.74. The van der Waals surface area contributed by atoms with Crippen molar-refractivity contribution in [2.24, 2.45) is 5.84 Å². The molecule has 0 saturated heterocycles. The molecule has 2 aromatic heterocycles. The van der Waals surface area contributed by atoms with E-state index in [0.29, 0.717) is 10.7 Å². The molecule has 0 aromatic carbocycles. The Kier molecular flexibility index (Phi) is 4.47. The van der Waals surface area contributed by atoms with Gasteiger partial charge >= 0.3 is 0 Å². The van der Waals surface area contributed by atoms with E-state index >= 15 is 0 Å². The number of aryl methyl sites for hydroxylation is 2. The zero-order valence-electron chi connectivity index (χ0n) is 11.0. The molecule has 0 aliphatic rings. The van der Waals surface area contributed by atoms with Gasteiger partial charge in [0, 0.05) is 12.7 Å². The minimum absolute atomic E-state index is 0.324. The summed E-state index contributed by atoms with van der Waals surface area (Å²) in [5.74, 6) is 5.65. The molecule has 6 nitrogen and oxygen atoms in total. The van der Waals surface area contributed by atoms with Crippen molar-refractivity contribution >= 4 is 11.6 Å². The lowest BCUT2D eigenvalue weighted by Crippen LogP contribution is -2.31. The summed E-state index contributed by atoms with van der Waals surface area (Å²) in [5, 5.41) is 4.83. The molecule has 0 saturated carbocycles. The summed E-state index contributed by atoms with van der Waals surface area (Å²) < 4.78 is 1.84. The maximum Gasteiger partial charge on any atom is 0.108 e. The van der Waals surface area contributed by atoms with E-state index in [1.165, 1.54) is 0 Å². The second kappa shape index (κ2) is 6.10. The molecular weight excluding hydrogens is 264 g/mol. The molecule has 19 heavy (non-hydrogen) atoms. The van der Waals surface area contributed by atoms with Crippen molar-refractivity contribution in [1.82, 2.24) is 25.2 Å². The van der Waals surface area contributed by atoms with Gasteiger partial charge in [0.15, 0.2) is 0 Å². The van der Waals surface area contributed by atoms with Crippen molar-refractivity contribution in [2.75, 3.05) is 0 Å². The molecule has 0 bridgehead atoms. The molecule has 2 aromatic rings. The average molecular weight is 281 g/mol. The molecular formula is C12H17ClN6. The van der Waals surface area contributed by atoms with Crippen LogP contribution in [0.15, 0.2) is 18.6 Å². The van der Waals surface area contributed by atoms with Gasteiger partial charge in [-0.15, -0.1) is 0 Å². The van der Waals surface area contributed by atoms with Gasteiger partial charge in [-0.2, -0.15) is 5.10 Å². The Labute approximate surface area is 117 Å². The number of rotatable bonds is 5.